The smallest absolute Gasteiger partial charge is 0.224 e. The summed E-state index contributed by atoms with van der Waals surface area (Å²) in [6.07, 6.45) is 5.07. The van der Waals surface area contributed by atoms with E-state index in [9.17, 15) is 9.59 Å². The van der Waals surface area contributed by atoms with Crippen LogP contribution in [0.2, 0.25) is 0 Å². The molecule has 1 aromatic rings. The summed E-state index contributed by atoms with van der Waals surface area (Å²) in [6.45, 7) is 4.39. The van der Waals surface area contributed by atoms with Gasteiger partial charge in [-0.25, -0.2) is 0 Å². The van der Waals surface area contributed by atoms with Crippen LogP contribution in [0.5, 0.6) is 0 Å². The number of benzene rings is 1. The molecule has 0 radical (unpaired) electrons. The lowest BCUT2D eigenvalue weighted by Gasteiger charge is -2.24. The quantitative estimate of drug-likeness (QED) is 0.839. The van der Waals surface area contributed by atoms with Crippen molar-refractivity contribution in [2.45, 2.75) is 45.6 Å². The molecular weight excluding hydrogens is 276 g/mol. The van der Waals surface area contributed by atoms with Crippen molar-refractivity contribution >= 4 is 11.8 Å². The van der Waals surface area contributed by atoms with Crippen LogP contribution in [-0.4, -0.2) is 41.2 Å². The molecule has 4 heteroatoms. The predicted molar refractivity (Wildman–Crippen MR) is 87.2 cm³/mol. The van der Waals surface area contributed by atoms with Gasteiger partial charge in [-0.3, -0.25) is 9.59 Å². The molecule has 0 aromatic heterocycles. The number of carbonyl (C=O) groups excluding carboxylic acids is 2. The van der Waals surface area contributed by atoms with Crippen LogP contribution in [0.25, 0.3) is 0 Å². The van der Waals surface area contributed by atoms with E-state index in [1.807, 2.05) is 35.2 Å². The number of hydrogen-bond acceptors (Lipinski definition) is 2. The largest absolute Gasteiger partial charge is 0.343 e. The van der Waals surface area contributed by atoms with Crippen LogP contribution in [0.1, 0.15) is 44.6 Å². The molecule has 1 saturated heterocycles. The first-order chi connectivity index (χ1) is 10.7. The van der Waals surface area contributed by atoms with Gasteiger partial charge < -0.3 is 9.80 Å². The lowest BCUT2D eigenvalue weighted by Crippen LogP contribution is -2.36. The van der Waals surface area contributed by atoms with E-state index in [-0.39, 0.29) is 11.8 Å². The topological polar surface area (TPSA) is 40.6 Å². The highest BCUT2D eigenvalue weighted by molar-refractivity contribution is 5.78. The molecule has 120 valence electrons. The molecule has 0 aliphatic carbocycles. The molecule has 0 bridgehead atoms. The summed E-state index contributed by atoms with van der Waals surface area (Å²) in [6, 6.07) is 9.91. The fraction of sp³-hybridized carbons (Fsp3) is 0.556. The van der Waals surface area contributed by atoms with Gasteiger partial charge in [0.15, 0.2) is 0 Å². The van der Waals surface area contributed by atoms with Crippen molar-refractivity contribution in [1.82, 2.24) is 9.80 Å². The fourth-order valence-corrected chi connectivity index (χ4v) is 2.86. The second-order valence-electron chi connectivity index (χ2n) is 5.97. The summed E-state index contributed by atoms with van der Waals surface area (Å²) >= 11 is 0. The summed E-state index contributed by atoms with van der Waals surface area (Å²) in [5, 5.41) is 0. The molecule has 2 amide bonds. The summed E-state index contributed by atoms with van der Waals surface area (Å²) in [4.78, 5) is 27.8. The normalized spacial score (nSPS) is 15.2. The molecule has 1 aromatic carbocycles. The third-order valence-corrected chi connectivity index (χ3v) is 4.22. The molecule has 22 heavy (non-hydrogen) atoms. The molecule has 0 N–H and O–H groups in total. The number of rotatable bonds is 5. The van der Waals surface area contributed by atoms with Gasteiger partial charge in [0.05, 0.1) is 0 Å². The van der Waals surface area contributed by atoms with E-state index in [4.69, 9.17) is 0 Å². The lowest BCUT2D eigenvalue weighted by molar-refractivity contribution is -0.133. The van der Waals surface area contributed by atoms with E-state index >= 15 is 0 Å². The minimum absolute atomic E-state index is 0.0209. The van der Waals surface area contributed by atoms with E-state index in [2.05, 4.69) is 0 Å². The van der Waals surface area contributed by atoms with Crippen LogP contribution in [0.15, 0.2) is 30.3 Å². The molecule has 1 aliphatic rings. The van der Waals surface area contributed by atoms with Gasteiger partial charge in [-0.05, 0) is 18.4 Å². The van der Waals surface area contributed by atoms with Crippen LogP contribution in [0.3, 0.4) is 0 Å². The summed E-state index contributed by atoms with van der Waals surface area (Å²) in [5.41, 5.74) is 1.10. The number of hydrogen-bond donors (Lipinski definition) is 0. The van der Waals surface area contributed by atoms with Crippen molar-refractivity contribution < 1.29 is 9.59 Å². The Kier molecular flexibility index (Phi) is 6.44. The Labute approximate surface area is 133 Å². The van der Waals surface area contributed by atoms with E-state index in [1.54, 1.807) is 11.8 Å². The number of nitrogens with zero attached hydrogens (tertiary/aromatic N) is 2. The van der Waals surface area contributed by atoms with Gasteiger partial charge in [-0.2, -0.15) is 0 Å². The predicted octanol–water partition coefficient (Wildman–Crippen LogP) is 2.83. The standard InChI is InChI=1S/C18H26N2O2/c1-16(21)20(15-17-9-5-4-6-10-17)14-11-18(22)19-12-7-2-3-8-13-19/h4-6,9-10H,2-3,7-8,11-15H2,1H3. The Bertz CT molecular complexity index is 479. The highest BCUT2D eigenvalue weighted by atomic mass is 16.2. The second-order valence-corrected chi connectivity index (χ2v) is 5.97. The van der Waals surface area contributed by atoms with Gasteiger partial charge in [-0.1, -0.05) is 43.2 Å². The van der Waals surface area contributed by atoms with Crippen LogP contribution in [0, 0.1) is 0 Å². The van der Waals surface area contributed by atoms with Gasteiger partial charge in [0.25, 0.3) is 0 Å². The zero-order valence-electron chi connectivity index (χ0n) is 13.5. The highest BCUT2D eigenvalue weighted by Crippen LogP contribution is 2.12. The monoisotopic (exact) mass is 302 g/mol. The molecule has 0 atom stereocenters. The van der Waals surface area contributed by atoms with E-state index in [1.165, 1.54) is 12.8 Å². The first-order valence-corrected chi connectivity index (χ1v) is 8.24. The summed E-state index contributed by atoms with van der Waals surface area (Å²) < 4.78 is 0. The molecule has 2 rings (SSSR count). The number of amides is 2. The van der Waals surface area contributed by atoms with Crippen molar-refractivity contribution in [2.75, 3.05) is 19.6 Å². The molecule has 0 spiro atoms. The van der Waals surface area contributed by atoms with Crippen LogP contribution < -0.4 is 0 Å². The SMILES string of the molecule is CC(=O)N(CCC(=O)N1CCCCCC1)Cc1ccccc1. The molecule has 1 aliphatic heterocycles. The second kappa shape index (κ2) is 8.57. The molecule has 1 heterocycles. The average molecular weight is 302 g/mol. The minimum atomic E-state index is 0.0209. The van der Waals surface area contributed by atoms with E-state index in [0.717, 1.165) is 31.5 Å². The number of likely N-dealkylation sites (tertiary alicyclic amines) is 1. The maximum atomic E-state index is 12.3. The first kappa shape index (κ1) is 16.5. The van der Waals surface area contributed by atoms with Crippen LogP contribution in [0.4, 0.5) is 0 Å². The van der Waals surface area contributed by atoms with Gasteiger partial charge in [-0.15, -0.1) is 0 Å². The van der Waals surface area contributed by atoms with E-state index in [0.29, 0.717) is 19.5 Å². The molecule has 0 saturated carbocycles. The van der Waals surface area contributed by atoms with Crippen molar-refractivity contribution in [2.24, 2.45) is 0 Å². The zero-order valence-corrected chi connectivity index (χ0v) is 13.5. The third-order valence-electron chi connectivity index (χ3n) is 4.22. The van der Waals surface area contributed by atoms with Crippen LogP contribution in [-0.2, 0) is 16.1 Å². The van der Waals surface area contributed by atoms with Gasteiger partial charge in [0, 0.05) is 39.5 Å². The Balaban J connectivity index is 1.85. The molecule has 4 nitrogen and oxygen atoms in total. The Morgan fingerprint density at radius 1 is 1.05 bits per heavy atom. The summed E-state index contributed by atoms with van der Waals surface area (Å²) in [7, 11) is 0. The summed E-state index contributed by atoms with van der Waals surface area (Å²) in [5.74, 6) is 0.203. The fourth-order valence-electron chi connectivity index (χ4n) is 2.86. The van der Waals surface area contributed by atoms with Crippen molar-refractivity contribution in [3.8, 4) is 0 Å². The Morgan fingerprint density at radius 3 is 2.27 bits per heavy atom. The van der Waals surface area contributed by atoms with E-state index < -0.39 is 0 Å². The van der Waals surface area contributed by atoms with Gasteiger partial charge in [0.1, 0.15) is 0 Å². The minimum Gasteiger partial charge on any atom is -0.343 e. The van der Waals surface area contributed by atoms with Crippen molar-refractivity contribution in [1.29, 1.82) is 0 Å². The van der Waals surface area contributed by atoms with Gasteiger partial charge in [0.2, 0.25) is 11.8 Å². The first-order valence-electron chi connectivity index (χ1n) is 8.24. The highest BCUT2D eigenvalue weighted by Gasteiger charge is 2.17. The zero-order chi connectivity index (χ0) is 15.8. The van der Waals surface area contributed by atoms with Gasteiger partial charge >= 0.3 is 0 Å². The Hall–Kier alpha value is -1.84. The average Bonchev–Trinajstić information content (AvgIpc) is 2.81. The third kappa shape index (κ3) is 5.17. The number of carbonyl (C=O) groups is 2. The lowest BCUT2D eigenvalue weighted by atomic mass is 10.2. The Morgan fingerprint density at radius 2 is 1.68 bits per heavy atom. The molecule has 0 unspecified atom stereocenters. The van der Waals surface area contributed by atoms with Crippen LogP contribution >= 0.6 is 0 Å². The van der Waals surface area contributed by atoms with Crippen molar-refractivity contribution in [3.63, 3.8) is 0 Å². The van der Waals surface area contributed by atoms with Crippen molar-refractivity contribution in [3.05, 3.63) is 35.9 Å². The maximum absolute atomic E-state index is 12.3. The molecular formula is C18H26N2O2. The maximum Gasteiger partial charge on any atom is 0.224 e. The molecule has 1 fully saturated rings.